The number of aliphatic hydroxyl groups excluding tert-OH is 1. The van der Waals surface area contributed by atoms with Crippen LogP contribution in [-0.4, -0.2) is 69.9 Å². The third kappa shape index (κ3) is 5.01. The summed E-state index contributed by atoms with van der Waals surface area (Å²) in [5.74, 6) is -0.553. The first-order valence-electron chi connectivity index (χ1n) is 10.8. The minimum atomic E-state index is -0.916. The third-order valence-corrected chi connectivity index (χ3v) is 5.90. The number of nitrogens with zero attached hydrogens (tertiary/aromatic N) is 1. The van der Waals surface area contributed by atoms with Crippen LogP contribution in [0.2, 0.25) is 5.02 Å². The number of carbonyl (C=O) groups is 2. The average Bonchev–Trinajstić information content (AvgIpc) is 3.11. The molecule has 35 heavy (non-hydrogen) atoms. The van der Waals surface area contributed by atoms with Gasteiger partial charge in [-0.1, -0.05) is 17.7 Å². The van der Waals surface area contributed by atoms with E-state index in [9.17, 15) is 14.7 Å². The first kappa shape index (κ1) is 26.2. The van der Waals surface area contributed by atoms with Crippen LogP contribution in [-0.2, 0) is 14.3 Å². The molecular formula is C25H28ClNO8. The van der Waals surface area contributed by atoms with Crippen LogP contribution in [0.3, 0.4) is 0 Å². The summed E-state index contributed by atoms with van der Waals surface area (Å²) in [6, 6.07) is 7.08. The topological polar surface area (TPSA) is 104 Å². The van der Waals surface area contributed by atoms with Gasteiger partial charge in [0.2, 0.25) is 0 Å². The van der Waals surface area contributed by atoms with Gasteiger partial charge in [0, 0.05) is 19.7 Å². The quantitative estimate of drug-likeness (QED) is 0.295. The number of halogens is 1. The molecule has 0 radical (unpaired) electrons. The molecule has 0 saturated carbocycles. The molecule has 1 saturated heterocycles. The smallest absolute Gasteiger partial charge is 0.295 e. The maximum Gasteiger partial charge on any atom is 0.295 e. The number of rotatable bonds is 10. The van der Waals surface area contributed by atoms with Gasteiger partial charge in [0.05, 0.1) is 56.7 Å². The largest absolute Gasteiger partial charge is 0.507 e. The molecule has 1 fully saturated rings. The summed E-state index contributed by atoms with van der Waals surface area (Å²) in [4.78, 5) is 27.6. The fraction of sp³-hybridized carbons (Fsp3) is 0.360. The zero-order chi connectivity index (χ0) is 25.7. The highest BCUT2D eigenvalue weighted by atomic mass is 35.5. The molecule has 10 heteroatoms. The molecule has 0 aromatic heterocycles. The van der Waals surface area contributed by atoms with Crippen molar-refractivity contribution >= 4 is 29.1 Å². The number of benzene rings is 2. The summed E-state index contributed by atoms with van der Waals surface area (Å²) in [5.41, 5.74) is 0.578. The second-order valence-corrected chi connectivity index (χ2v) is 7.92. The molecule has 1 atom stereocenters. The molecule has 188 valence electrons. The van der Waals surface area contributed by atoms with E-state index in [1.54, 1.807) is 18.2 Å². The number of amides is 1. The van der Waals surface area contributed by atoms with Gasteiger partial charge in [0.1, 0.15) is 17.3 Å². The Morgan fingerprint density at radius 2 is 1.66 bits per heavy atom. The molecule has 3 rings (SSSR count). The average molecular weight is 506 g/mol. The maximum atomic E-state index is 13.2. The number of carbonyl (C=O) groups excluding carboxylic acids is 2. The van der Waals surface area contributed by atoms with Crippen molar-refractivity contribution in [1.82, 2.24) is 4.90 Å². The lowest BCUT2D eigenvalue weighted by atomic mass is 9.94. The monoisotopic (exact) mass is 505 g/mol. The van der Waals surface area contributed by atoms with Crippen molar-refractivity contribution in [2.45, 2.75) is 13.0 Å². The van der Waals surface area contributed by atoms with E-state index in [-0.39, 0.29) is 35.1 Å². The SMILES string of the molecule is CCOc1cc(C2/C(=C(\O)c3cc(Cl)c(OC)cc3OC)C(=O)C(=O)N2CCOC)ccc1OC. The van der Waals surface area contributed by atoms with Crippen molar-refractivity contribution in [3.63, 3.8) is 0 Å². The van der Waals surface area contributed by atoms with Crippen LogP contribution < -0.4 is 18.9 Å². The summed E-state index contributed by atoms with van der Waals surface area (Å²) >= 11 is 6.29. The Morgan fingerprint density at radius 3 is 2.26 bits per heavy atom. The third-order valence-electron chi connectivity index (χ3n) is 5.61. The minimum Gasteiger partial charge on any atom is -0.507 e. The minimum absolute atomic E-state index is 0.113. The highest BCUT2D eigenvalue weighted by Crippen LogP contribution is 2.44. The van der Waals surface area contributed by atoms with E-state index in [1.807, 2.05) is 6.92 Å². The molecule has 1 N–H and O–H groups in total. The molecule has 1 unspecified atom stereocenters. The maximum absolute atomic E-state index is 13.2. The van der Waals surface area contributed by atoms with Crippen molar-refractivity contribution < 1.29 is 38.4 Å². The van der Waals surface area contributed by atoms with Crippen LogP contribution in [0, 0.1) is 0 Å². The van der Waals surface area contributed by atoms with Gasteiger partial charge in [-0.3, -0.25) is 9.59 Å². The Bertz CT molecular complexity index is 1150. The molecular weight excluding hydrogens is 478 g/mol. The molecule has 0 aliphatic carbocycles. The standard InChI is InChI=1S/C25H28ClNO8/c1-6-35-20-11-14(7-8-17(20)32-3)22-21(24(29)25(30)27(22)9-10-31-2)23(28)15-12-16(26)19(34-5)13-18(15)33-4/h7-8,11-13,22,28H,6,9-10H2,1-5H3/b23-21+. The van der Waals surface area contributed by atoms with E-state index >= 15 is 0 Å². The Kier molecular flexibility index (Phi) is 8.48. The van der Waals surface area contributed by atoms with Crippen molar-refractivity contribution in [2.75, 3.05) is 48.2 Å². The lowest BCUT2D eigenvalue weighted by Gasteiger charge is -2.26. The molecule has 0 spiro atoms. The summed E-state index contributed by atoms with van der Waals surface area (Å²) in [7, 11) is 5.87. The van der Waals surface area contributed by atoms with Crippen LogP contribution in [0.15, 0.2) is 35.9 Å². The van der Waals surface area contributed by atoms with Crippen molar-refractivity contribution in [3.05, 3.63) is 52.1 Å². The predicted octanol–water partition coefficient (Wildman–Crippen LogP) is 3.83. The number of ether oxygens (including phenoxy) is 5. The highest BCUT2D eigenvalue weighted by Gasteiger charge is 2.46. The number of hydrogen-bond donors (Lipinski definition) is 1. The fourth-order valence-corrected chi connectivity index (χ4v) is 4.21. The molecule has 2 aromatic carbocycles. The first-order valence-corrected chi connectivity index (χ1v) is 11.2. The number of Topliss-reactive ketones (excluding diaryl/α,β-unsaturated/α-hetero) is 1. The van der Waals surface area contributed by atoms with Crippen molar-refractivity contribution in [2.24, 2.45) is 0 Å². The van der Waals surface area contributed by atoms with E-state index in [4.69, 9.17) is 35.3 Å². The van der Waals surface area contributed by atoms with Crippen LogP contribution in [0.4, 0.5) is 0 Å². The Hall–Kier alpha value is -3.43. The second kappa shape index (κ2) is 11.3. The van der Waals surface area contributed by atoms with Gasteiger partial charge >= 0.3 is 0 Å². The van der Waals surface area contributed by atoms with E-state index < -0.39 is 23.5 Å². The van der Waals surface area contributed by atoms with Gasteiger partial charge in [-0.05, 0) is 30.7 Å². The molecule has 1 heterocycles. The van der Waals surface area contributed by atoms with Gasteiger partial charge in [-0.2, -0.15) is 0 Å². The zero-order valence-corrected chi connectivity index (χ0v) is 21.0. The number of ketones is 1. The van der Waals surface area contributed by atoms with Crippen LogP contribution in [0.1, 0.15) is 24.1 Å². The number of hydrogen-bond acceptors (Lipinski definition) is 8. The van der Waals surface area contributed by atoms with Gasteiger partial charge in [0.25, 0.3) is 11.7 Å². The summed E-state index contributed by atoms with van der Waals surface area (Å²) in [6.45, 7) is 2.52. The normalized spacial score (nSPS) is 17.0. The molecule has 9 nitrogen and oxygen atoms in total. The number of aliphatic hydroxyl groups is 1. The van der Waals surface area contributed by atoms with Gasteiger partial charge in [0.15, 0.2) is 11.5 Å². The first-order chi connectivity index (χ1) is 16.8. The number of likely N-dealkylation sites (tertiary alicyclic amines) is 1. The second-order valence-electron chi connectivity index (χ2n) is 7.52. The fourth-order valence-electron chi connectivity index (χ4n) is 3.97. The van der Waals surface area contributed by atoms with Gasteiger partial charge in [-0.15, -0.1) is 0 Å². The van der Waals surface area contributed by atoms with E-state index in [0.29, 0.717) is 29.4 Å². The van der Waals surface area contributed by atoms with E-state index in [1.165, 1.54) is 45.5 Å². The predicted molar refractivity (Wildman–Crippen MR) is 130 cm³/mol. The molecule has 1 aliphatic rings. The summed E-state index contributed by atoms with van der Waals surface area (Å²) in [6.07, 6.45) is 0. The Balaban J connectivity index is 2.26. The lowest BCUT2D eigenvalue weighted by Crippen LogP contribution is -2.32. The lowest BCUT2D eigenvalue weighted by molar-refractivity contribution is -0.140. The van der Waals surface area contributed by atoms with Gasteiger partial charge < -0.3 is 33.7 Å². The van der Waals surface area contributed by atoms with E-state index in [2.05, 4.69) is 0 Å². The molecule has 1 amide bonds. The zero-order valence-electron chi connectivity index (χ0n) is 20.2. The number of methoxy groups -OCH3 is 4. The molecule has 0 bridgehead atoms. The Labute approximate surface area is 208 Å². The molecule has 2 aromatic rings. The van der Waals surface area contributed by atoms with Crippen molar-refractivity contribution in [1.29, 1.82) is 0 Å². The molecule has 1 aliphatic heterocycles. The van der Waals surface area contributed by atoms with Crippen molar-refractivity contribution in [3.8, 4) is 23.0 Å². The van der Waals surface area contributed by atoms with Crippen LogP contribution in [0.25, 0.3) is 5.76 Å². The summed E-state index contributed by atoms with van der Waals surface area (Å²) in [5, 5.41) is 11.6. The Morgan fingerprint density at radius 1 is 0.971 bits per heavy atom. The van der Waals surface area contributed by atoms with Crippen LogP contribution >= 0.6 is 11.6 Å². The van der Waals surface area contributed by atoms with E-state index in [0.717, 1.165) is 0 Å². The highest BCUT2D eigenvalue weighted by molar-refractivity contribution is 6.46. The summed E-state index contributed by atoms with van der Waals surface area (Å²) < 4.78 is 26.8. The van der Waals surface area contributed by atoms with Crippen LogP contribution in [0.5, 0.6) is 23.0 Å². The van der Waals surface area contributed by atoms with Gasteiger partial charge in [-0.25, -0.2) is 0 Å².